The molecular formula is C19H19N3O. The fraction of sp³-hybridized carbons (Fsp3) is 0.263. The van der Waals surface area contributed by atoms with E-state index in [0.717, 1.165) is 54.3 Å². The molecular weight excluding hydrogens is 286 g/mol. The number of aryl methyl sites for hydroxylation is 1. The minimum Gasteiger partial charge on any atom is -0.378 e. The minimum absolute atomic E-state index is 0.748. The second-order valence-corrected chi connectivity index (χ2v) is 5.87. The molecule has 0 unspecified atom stereocenters. The summed E-state index contributed by atoms with van der Waals surface area (Å²) < 4.78 is 5.48. The van der Waals surface area contributed by atoms with Crippen LogP contribution in [0.25, 0.3) is 22.2 Å². The summed E-state index contributed by atoms with van der Waals surface area (Å²) in [5.41, 5.74) is 4.33. The Morgan fingerprint density at radius 3 is 2.74 bits per heavy atom. The first-order valence-corrected chi connectivity index (χ1v) is 7.97. The van der Waals surface area contributed by atoms with Gasteiger partial charge in [-0.3, -0.25) is 4.98 Å². The van der Waals surface area contributed by atoms with Gasteiger partial charge in [0.1, 0.15) is 5.82 Å². The Labute approximate surface area is 135 Å². The molecule has 1 aliphatic heterocycles. The highest BCUT2D eigenvalue weighted by atomic mass is 16.5. The van der Waals surface area contributed by atoms with Gasteiger partial charge in [0, 0.05) is 30.2 Å². The molecule has 4 nitrogen and oxygen atoms in total. The molecule has 0 radical (unpaired) electrons. The smallest absolute Gasteiger partial charge is 0.138 e. The number of nitrogens with zero attached hydrogens (tertiary/aromatic N) is 3. The third-order valence-corrected chi connectivity index (χ3v) is 4.20. The van der Waals surface area contributed by atoms with Crippen molar-refractivity contribution < 1.29 is 4.74 Å². The largest absolute Gasteiger partial charge is 0.378 e. The Morgan fingerprint density at radius 1 is 1.04 bits per heavy atom. The molecule has 3 aromatic rings. The van der Waals surface area contributed by atoms with Crippen LogP contribution in [0.15, 0.2) is 48.7 Å². The number of morpholine rings is 1. The van der Waals surface area contributed by atoms with Gasteiger partial charge >= 0.3 is 0 Å². The van der Waals surface area contributed by atoms with Crippen LogP contribution >= 0.6 is 0 Å². The van der Waals surface area contributed by atoms with E-state index in [1.54, 1.807) is 0 Å². The van der Waals surface area contributed by atoms with Gasteiger partial charge in [-0.25, -0.2) is 4.98 Å². The summed E-state index contributed by atoms with van der Waals surface area (Å²) in [4.78, 5) is 11.8. The Kier molecular flexibility index (Phi) is 3.67. The van der Waals surface area contributed by atoms with E-state index in [9.17, 15) is 0 Å². The molecule has 1 saturated heterocycles. The molecule has 0 saturated carbocycles. The highest BCUT2D eigenvalue weighted by molar-refractivity contribution is 5.92. The molecule has 1 aliphatic rings. The first-order chi connectivity index (χ1) is 11.3. The molecule has 0 spiro atoms. The van der Waals surface area contributed by atoms with E-state index in [2.05, 4.69) is 53.2 Å². The highest BCUT2D eigenvalue weighted by Gasteiger charge is 2.17. The maximum Gasteiger partial charge on any atom is 0.138 e. The Bertz CT molecular complexity index is 841. The molecule has 4 rings (SSSR count). The lowest BCUT2D eigenvalue weighted by Gasteiger charge is -2.29. The molecule has 3 heterocycles. The number of benzene rings is 1. The maximum atomic E-state index is 5.48. The molecule has 0 bridgehead atoms. The summed E-state index contributed by atoms with van der Waals surface area (Å²) in [6.07, 6.45) is 1.84. The van der Waals surface area contributed by atoms with Crippen LogP contribution in [0.1, 0.15) is 5.56 Å². The number of hydrogen-bond donors (Lipinski definition) is 0. The van der Waals surface area contributed by atoms with Crippen LogP contribution in [0, 0.1) is 6.92 Å². The number of hydrogen-bond acceptors (Lipinski definition) is 4. The zero-order valence-corrected chi connectivity index (χ0v) is 13.2. The van der Waals surface area contributed by atoms with Gasteiger partial charge in [-0.05, 0) is 31.2 Å². The zero-order chi connectivity index (χ0) is 15.6. The van der Waals surface area contributed by atoms with Crippen LogP contribution in [0.5, 0.6) is 0 Å². The van der Waals surface area contributed by atoms with Crippen molar-refractivity contribution in [2.24, 2.45) is 0 Å². The third-order valence-electron chi connectivity index (χ3n) is 4.20. The summed E-state index contributed by atoms with van der Waals surface area (Å²) in [5.74, 6) is 1.01. The van der Waals surface area contributed by atoms with Gasteiger partial charge in [0.2, 0.25) is 0 Å². The van der Waals surface area contributed by atoms with E-state index >= 15 is 0 Å². The van der Waals surface area contributed by atoms with Crippen LogP contribution < -0.4 is 4.90 Å². The van der Waals surface area contributed by atoms with E-state index in [1.807, 2.05) is 12.3 Å². The predicted octanol–water partition coefficient (Wildman–Crippen LogP) is 3.44. The van der Waals surface area contributed by atoms with Crippen molar-refractivity contribution in [2.45, 2.75) is 6.92 Å². The van der Waals surface area contributed by atoms with Crippen molar-refractivity contribution in [1.82, 2.24) is 9.97 Å². The van der Waals surface area contributed by atoms with Gasteiger partial charge < -0.3 is 9.64 Å². The molecule has 0 N–H and O–H groups in total. The third kappa shape index (κ3) is 2.78. The molecule has 1 aromatic carbocycles. The predicted molar refractivity (Wildman–Crippen MR) is 92.7 cm³/mol. The highest BCUT2D eigenvalue weighted by Crippen LogP contribution is 2.29. The number of ether oxygens (including phenoxy) is 1. The lowest BCUT2D eigenvalue weighted by atomic mass is 10.1. The second kappa shape index (κ2) is 5.97. The minimum atomic E-state index is 0.748. The van der Waals surface area contributed by atoms with Crippen molar-refractivity contribution in [1.29, 1.82) is 0 Å². The van der Waals surface area contributed by atoms with Crippen LogP contribution in [-0.4, -0.2) is 36.3 Å². The molecule has 1 fully saturated rings. The summed E-state index contributed by atoms with van der Waals surface area (Å²) >= 11 is 0. The van der Waals surface area contributed by atoms with Crippen molar-refractivity contribution in [3.05, 3.63) is 54.2 Å². The van der Waals surface area contributed by atoms with E-state index < -0.39 is 0 Å². The fourth-order valence-electron chi connectivity index (χ4n) is 3.03. The lowest BCUT2D eigenvalue weighted by molar-refractivity contribution is 0.122. The summed E-state index contributed by atoms with van der Waals surface area (Å²) in [6.45, 7) is 5.34. The van der Waals surface area contributed by atoms with Crippen LogP contribution in [0.2, 0.25) is 0 Å². The van der Waals surface area contributed by atoms with E-state index in [1.165, 1.54) is 5.56 Å². The average molecular weight is 305 g/mol. The van der Waals surface area contributed by atoms with Crippen molar-refractivity contribution >= 4 is 16.7 Å². The van der Waals surface area contributed by atoms with Crippen molar-refractivity contribution in [3.63, 3.8) is 0 Å². The number of anilines is 1. The topological polar surface area (TPSA) is 38.2 Å². The monoisotopic (exact) mass is 305 g/mol. The normalized spacial score (nSPS) is 15.1. The Balaban J connectivity index is 1.89. The first-order valence-electron chi connectivity index (χ1n) is 7.97. The average Bonchev–Trinajstić information content (AvgIpc) is 2.61. The fourth-order valence-corrected chi connectivity index (χ4v) is 3.03. The second-order valence-electron chi connectivity index (χ2n) is 5.87. The zero-order valence-electron chi connectivity index (χ0n) is 13.2. The summed E-state index contributed by atoms with van der Waals surface area (Å²) in [6, 6.07) is 14.6. The summed E-state index contributed by atoms with van der Waals surface area (Å²) in [7, 11) is 0. The van der Waals surface area contributed by atoms with Gasteiger partial charge in [0.05, 0.1) is 24.4 Å². The van der Waals surface area contributed by atoms with E-state index in [0.29, 0.717) is 0 Å². The van der Waals surface area contributed by atoms with E-state index in [-0.39, 0.29) is 0 Å². The van der Waals surface area contributed by atoms with Gasteiger partial charge in [-0.15, -0.1) is 0 Å². The number of rotatable bonds is 2. The van der Waals surface area contributed by atoms with Gasteiger partial charge in [0.15, 0.2) is 0 Å². The number of pyridine rings is 2. The molecule has 23 heavy (non-hydrogen) atoms. The summed E-state index contributed by atoms with van der Waals surface area (Å²) in [5, 5.41) is 1.10. The lowest BCUT2D eigenvalue weighted by Crippen LogP contribution is -2.37. The van der Waals surface area contributed by atoms with Crippen molar-refractivity contribution in [2.75, 3.05) is 31.2 Å². The van der Waals surface area contributed by atoms with Gasteiger partial charge in [0.25, 0.3) is 0 Å². The molecule has 4 heteroatoms. The number of fused-ring (bicyclic) bond motifs is 1. The Morgan fingerprint density at radius 2 is 1.91 bits per heavy atom. The first kappa shape index (κ1) is 14.2. The molecule has 0 amide bonds. The van der Waals surface area contributed by atoms with E-state index in [4.69, 9.17) is 9.72 Å². The maximum absolute atomic E-state index is 5.48. The molecule has 0 aliphatic carbocycles. The molecule has 2 aromatic heterocycles. The quantitative estimate of drug-likeness (QED) is 0.727. The number of aromatic nitrogens is 2. The van der Waals surface area contributed by atoms with Gasteiger partial charge in [-0.1, -0.05) is 23.8 Å². The van der Waals surface area contributed by atoms with Crippen LogP contribution in [0.4, 0.5) is 5.82 Å². The standard InChI is InChI=1S/C19H19N3O/c1-14-4-2-5-15(12-14)17-13-18-16(6-3-7-20-18)19(21-17)22-8-10-23-11-9-22/h2-7,12-13H,8-11H2,1H3. The SMILES string of the molecule is Cc1cccc(-c2cc3ncccc3c(N3CCOCC3)n2)c1. The van der Waals surface area contributed by atoms with Crippen molar-refractivity contribution in [3.8, 4) is 11.3 Å². The molecule has 116 valence electrons. The Hall–Kier alpha value is -2.46. The van der Waals surface area contributed by atoms with Gasteiger partial charge in [-0.2, -0.15) is 0 Å². The molecule has 0 atom stereocenters. The van der Waals surface area contributed by atoms with Crippen LogP contribution in [-0.2, 0) is 4.74 Å². The van der Waals surface area contributed by atoms with Crippen LogP contribution in [0.3, 0.4) is 0 Å².